The molecule has 0 aliphatic heterocycles. The lowest BCUT2D eigenvalue weighted by molar-refractivity contribution is 0.600. The van der Waals surface area contributed by atoms with Crippen LogP contribution in [-0.2, 0) is 0 Å². The topological polar surface area (TPSA) is 41.6 Å². The van der Waals surface area contributed by atoms with E-state index >= 15 is 0 Å². The molecule has 0 radical (unpaired) electrons. The number of nitrogens with one attached hydrogen (secondary N) is 1. The number of H-pyrrole nitrogens is 1. The molecule has 0 saturated carbocycles. The van der Waals surface area contributed by atoms with Gasteiger partial charge in [-0.15, -0.1) is 0 Å². The van der Waals surface area contributed by atoms with Crippen molar-refractivity contribution in [2.45, 2.75) is 26.2 Å². The third-order valence-corrected chi connectivity index (χ3v) is 3.36. The zero-order chi connectivity index (χ0) is 11.0. The van der Waals surface area contributed by atoms with E-state index < -0.39 is 0 Å². The predicted molar refractivity (Wildman–Crippen MR) is 64.9 cm³/mol. The molecule has 1 aliphatic carbocycles. The Hall–Kier alpha value is -1.64. The Labute approximate surface area is 94.6 Å². The molecule has 0 aromatic carbocycles. The summed E-state index contributed by atoms with van der Waals surface area (Å²) in [4.78, 5) is 11.8. The van der Waals surface area contributed by atoms with E-state index in [-0.39, 0.29) is 0 Å². The molecule has 0 spiro atoms. The van der Waals surface area contributed by atoms with Crippen LogP contribution < -0.4 is 0 Å². The van der Waals surface area contributed by atoms with Gasteiger partial charge in [-0.3, -0.25) is 0 Å². The van der Waals surface area contributed by atoms with Crippen LogP contribution in [0.1, 0.15) is 31.9 Å². The zero-order valence-corrected chi connectivity index (χ0v) is 9.40. The maximum atomic E-state index is 4.45. The Balaban J connectivity index is 2.18. The summed E-state index contributed by atoms with van der Waals surface area (Å²) < 4.78 is 0. The Morgan fingerprint density at radius 3 is 3.19 bits per heavy atom. The minimum absolute atomic E-state index is 0.613. The monoisotopic (exact) mass is 213 g/mol. The van der Waals surface area contributed by atoms with Crippen molar-refractivity contribution in [1.29, 1.82) is 0 Å². The van der Waals surface area contributed by atoms with Gasteiger partial charge in [0.1, 0.15) is 12.0 Å². The van der Waals surface area contributed by atoms with Crippen molar-refractivity contribution < 1.29 is 0 Å². The van der Waals surface area contributed by atoms with E-state index in [9.17, 15) is 0 Å². The largest absolute Gasteiger partial charge is 0.346 e. The first-order chi connectivity index (χ1) is 7.86. The molecular weight excluding hydrogens is 198 g/mol. The summed E-state index contributed by atoms with van der Waals surface area (Å²) in [5.74, 6) is 0.613. The number of aromatic nitrogens is 3. The fraction of sp³-hybridized carbons (Fsp3) is 0.385. The van der Waals surface area contributed by atoms with Crippen molar-refractivity contribution in [3.63, 3.8) is 0 Å². The fourth-order valence-corrected chi connectivity index (χ4v) is 2.47. The molecule has 2 heterocycles. The van der Waals surface area contributed by atoms with Crippen LogP contribution in [0.15, 0.2) is 24.7 Å². The van der Waals surface area contributed by atoms with Crippen molar-refractivity contribution in [2.75, 3.05) is 0 Å². The van der Waals surface area contributed by atoms with Gasteiger partial charge in [0.15, 0.2) is 0 Å². The second-order valence-corrected chi connectivity index (χ2v) is 4.45. The molecule has 0 bridgehead atoms. The Morgan fingerprint density at radius 1 is 1.38 bits per heavy atom. The number of aromatic amines is 1. The van der Waals surface area contributed by atoms with Crippen molar-refractivity contribution in [1.82, 2.24) is 15.0 Å². The first kappa shape index (κ1) is 9.58. The first-order valence-corrected chi connectivity index (χ1v) is 5.85. The van der Waals surface area contributed by atoms with Crippen LogP contribution >= 0.6 is 0 Å². The summed E-state index contributed by atoms with van der Waals surface area (Å²) in [6, 6.07) is 2.06. The molecule has 1 atom stereocenters. The van der Waals surface area contributed by atoms with E-state index in [0.717, 1.165) is 16.7 Å². The molecule has 1 unspecified atom stereocenters. The zero-order valence-electron chi connectivity index (χ0n) is 9.40. The van der Waals surface area contributed by atoms with Gasteiger partial charge in [0, 0.05) is 11.6 Å². The van der Waals surface area contributed by atoms with Crippen LogP contribution in [0, 0.1) is 5.92 Å². The van der Waals surface area contributed by atoms with E-state index in [1.807, 2.05) is 6.20 Å². The third kappa shape index (κ3) is 1.43. The molecule has 1 aliphatic rings. The molecular formula is C13H15N3. The van der Waals surface area contributed by atoms with E-state index in [4.69, 9.17) is 0 Å². The highest BCUT2D eigenvalue weighted by molar-refractivity contribution is 5.88. The summed E-state index contributed by atoms with van der Waals surface area (Å²) in [5, 5.41) is 1.14. The van der Waals surface area contributed by atoms with Gasteiger partial charge in [0.2, 0.25) is 0 Å². The van der Waals surface area contributed by atoms with E-state index in [1.54, 1.807) is 6.33 Å². The maximum Gasteiger partial charge on any atom is 0.141 e. The fourth-order valence-electron chi connectivity index (χ4n) is 2.47. The van der Waals surface area contributed by atoms with Gasteiger partial charge in [-0.2, -0.15) is 0 Å². The van der Waals surface area contributed by atoms with Crippen molar-refractivity contribution in [3.8, 4) is 0 Å². The highest BCUT2D eigenvalue weighted by Gasteiger charge is 2.18. The molecule has 3 nitrogen and oxygen atoms in total. The quantitative estimate of drug-likeness (QED) is 0.790. The van der Waals surface area contributed by atoms with Gasteiger partial charge in [-0.05, 0) is 36.8 Å². The molecule has 82 valence electrons. The molecule has 1 N–H and O–H groups in total. The molecule has 16 heavy (non-hydrogen) atoms. The Morgan fingerprint density at radius 2 is 2.31 bits per heavy atom. The highest BCUT2D eigenvalue weighted by atomic mass is 14.9. The first-order valence-electron chi connectivity index (χ1n) is 5.85. The standard InChI is InChI=1S/C13H15N3/c1-9-4-2-3-5-10(9)12-11-6-7-14-13(11)16-8-15-12/h5-9H,2-4H2,1H3,(H,14,15,16). The van der Waals surface area contributed by atoms with Gasteiger partial charge >= 0.3 is 0 Å². The lowest BCUT2D eigenvalue weighted by atomic mass is 9.86. The van der Waals surface area contributed by atoms with E-state index in [1.165, 1.54) is 24.8 Å². The molecule has 2 aromatic rings. The summed E-state index contributed by atoms with van der Waals surface area (Å²) in [5.41, 5.74) is 3.43. The average molecular weight is 213 g/mol. The average Bonchev–Trinajstić information content (AvgIpc) is 2.77. The van der Waals surface area contributed by atoms with Gasteiger partial charge < -0.3 is 4.98 Å². The van der Waals surface area contributed by atoms with Crippen molar-refractivity contribution in [2.24, 2.45) is 5.92 Å². The normalized spacial score (nSPS) is 21.1. The summed E-state index contributed by atoms with van der Waals surface area (Å²) in [6.07, 6.45) is 9.65. The molecule has 3 rings (SSSR count). The molecule has 3 heteroatoms. The summed E-state index contributed by atoms with van der Waals surface area (Å²) in [7, 11) is 0. The Bertz CT molecular complexity index is 539. The van der Waals surface area contributed by atoms with E-state index in [2.05, 4.69) is 34.0 Å². The Kier molecular flexibility index (Phi) is 2.24. The van der Waals surface area contributed by atoms with Crippen LogP contribution in [0.5, 0.6) is 0 Å². The van der Waals surface area contributed by atoms with Crippen molar-refractivity contribution >= 4 is 16.6 Å². The molecule has 0 fully saturated rings. The number of allylic oxidation sites excluding steroid dienone is 2. The second kappa shape index (κ2) is 3.74. The van der Waals surface area contributed by atoms with E-state index in [0.29, 0.717) is 5.92 Å². The maximum absolute atomic E-state index is 4.45. The SMILES string of the molecule is CC1CCCC=C1c1ncnc2[nH]ccc12. The number of hydrogen-bond acceptors (Lipinski definition) is 2. The van der Waals surface area contributed by atoms with Gasteiger partial charge in [-0.25, -0.2) is 9.97 Å². The number of fused-ring (bicyclic) bond motifs is 1. The van der Waals surface area contributed by atoms with Crippen molar-refractivity contribution in [3.05, 3.63) is 30.4 Å². The van der Waals surface area contributed by atoms with Gasteiger partial charge in [-0.1, -0.05) is 13.0 Å². The molecule has 0 saturated heterocycles. The lowest BCUT2D eigenvalue weighted by Gasteiger charge is -2.20. The minimum atomic E-state index is 0.613. The van der Waals surface area contributed by atoms with Crippen LogP contribution in [0.3, 0.4) is 0 Å². The number of nitrogens with zero attached hydrogens (tertiary/aromatic N) is 2. The number of rotatable bonds is 1. The van der Waals surface area contributed by atoms with Crippen LogP contribution in [0.2, 0.25) is 0 Å². The number of hydrogen-bond donors (Lipinski definition) is 1. The smallest absolute Gasteiger partial charge is 0.141 e. The predicted octanol–water partition coefficient (Wildman–Crippen LogP) is 3.16. The molecule has 2 aromatic heterocycles. The van der Waals surface area contributed by atoms with Crippen LogP contribution in [-0.4, -0.2) is 15.0 Å². The summed E-state index contributed by atoms with van der Waals surface area (Å²) in [6.45, 7) is 2.28. The molecule has 0 amide bonds. The second-order valence-electron chi connectivity index (χ2n) is 4.45. The van der Waals surface area contributed by atoms with Gasteiger partial charge in [0.05, 0.1) is 5.69 Å². The lowest BCUT2D eigenvalue weighted by Crippen LogP contribution is -2.05. The van der Waals surface area contributed by atoms with Crippen LogP contribution in [0.4, 0.5) is 0 Å². The summed E-state index contributed by atoms with van der Waals surface area (Å²) >= 11 is 0. The minimum Gasteiger partial charge on any atom is -0.346 e. The van der Waals surface area contributed by atoms with Gasteiger partial charge in [0.25, 0.3) is 0 Å². The van der Waals surface area contributed by atoms with Crippen LogP contribution in [0.25, 0.3) is 16.6 Å². The highest BCUT2D eigenvalue weighted by Crippen LogP contribution is 2.33. The third-order valence-electron chi connectivity index (χ3n) is 3.36.